The van der Waals surface area contributed by atoms with Crippen LogP contribution in [-0.2, 0) is 24.4 Å². The van der Waals surface area contributed by atoms with Gasteiger partial charge in [-0.1, -0.05) is 37.6 Å². The lowest BCUT2D eigenvalue weighted by molar-refractivity contribution is -0.143. The molecule has 2 aromatic rings. The summed E-state index contributed by atoms with van der Waals surface area (Å²) in [4.78, 5) is 12.2. The molecule has 0 bridgehead atoms. The number of carboxylic acids is 1. The van der Waals surface area contributed by atoms with Gasteiger partial charge in [0.25, 0.3) is 0 Å². The lowest BCUT2D eigenvalue weighted by atomic mass is 9.69. The van der Waals surface area contributed by atoms with Crippen molar-refractivity contribution in [3.05, 3.63) is 59.7 Å². The van der Waals surface area contributed by atoms with E-state index in [9.17, 15) is 9.90 Å². The number of rotatable bonds is 12. The predicted molar refractivity (Wildman–Crippen MR) is 120 cm³/mol. The molecular weight excluding hydrogens is 424 g/mol. The highest BCUT2D eigenvalue weighted by Crippen LogP contribution is 2.54. The molecule has 33 heavy (non-hydrogen) atoms. The summed E-state index contributed by atoms with van der Waals surface area (Å²) in [7, 11) is 0. The fraction of sp³-hybridized carbons (Fsp3) is 0.500. The maximum Gasteiger partial charge on any atom is 0.338 e. The van der Waals surface area contributed by atoms with E-state index in [1.165, 1.54) is 0 Å². The summed E-state index contributed by atoms with van der Waals surface area (Å²) in [6.07, 6.45) is 1.08. The van der Waals surface area contributed by atoms with Crippen LogP contribution in [0.3, 0.4) is 0 Å². The molecule has 0 radical (unpaired) electrons. The van der Waals surface area contributed by atoms with E-state index in [4.69, 9.17) is 23.7 Å². The Kier molecular flexibility index (Phi) is 5.80. The van der Waals surface area contributed by atoms with Crippen LogP contribution in [0.15, 0.2) is 48.5 Å². The predicted octanol–water partition coefficient (Wildman–Crippen LogP) is 3.57. The zero-order valence-corrected chi connectivity index (χ0v) is 19.0. The van der Waals surface area contributed by atoms with E-state index in [-0.39, 0.29) is 12.2 Å². The third kappa shape index (κ3) is 4.45. The molecule has 3 saturated heterocycles. The van der Waals surface area contributed by atoms with Crippen LogP contribution < -0.4 is 9.47 Å². The zero-order chi connectivity index (χ0) is 23.1. The van der Waals surface area contributed by atoms with Crippen LogP contribution in [0, 0.1) is 0 Å². The van der Waals surface area contributed by atoms with Crippen LogP contribution in [0.5, 0.6) is 11.5 Å². The minimum Gasteiger partial charge on any atom is -0.491 e. The number of carboxylic acid groups (broad SMARTS) is 1. The molecular formula is C26H30O7. The minimum absolute atomic E-state index is 0.187. The Hall–Kier alpha value is -2.61. The maximum absolute atomic E-state index is 12.2. The molecule has 3 aliphatic heterocycles. The van der Waals surface area contributed by atoms with E-state index < -0.39 is 23.1 Å². The maximum atomic E-state index is 12.2. The van der Waals surface area contributed by atoms with Gasteiger partial charge in [-0.05, 0) is 48.7 Å². The number of aliphatic carboxylic acids is 1. The normalized spacial score (nSPS) is 29.1. The van der Waals surface area contributed by atoms with Gasteiger partial charge in [-0.25, -0.2) is 4.79 Å². The van der Waals surface area contributed by atoms with E-state index in [1.807, 2.05) is 55.5 Å². The van der Waals surface area contributed by atoms with Crippen molar-refractivity contribution in [1.82, 2.24) is 0 Å². The molecule has 4 unspecified atom stereocenters. The Morgan fingerprint density at radius 3 is 1.79 bits per heavy atom. The number of carbonyl (C=O) groups is 1. The minimum atomic E-state index is -1.18. The van der Waals surface area contributed by atoms with Crippen molar-refractivity contribution in [2.45, 2.75) is 56.0 Å². The molecule has 0 spiro atoms. The largest absolute Gasteiger partial charge is 0.491 e. The molecule has 5 rings (SSSR count). The number of hydrogen-bond donors (Lipinski definition) is 1. The molecule has 0 saturated carbocycles. The first-order valence-corrected chi connectivity index (χ1v) is 11.6. The summed E-state index contributed by atoms with van der Waals surface area (Å²) in [6, 6.07) is 15.7. The fourth-order valence-corrected chi connectivity index (χ4v) is 4.56. The molecule has 3 heterocycles. The Morgan fingerprint density at radius 2 is 1.42 bits per heavy atom. The molecule has 3 aliphatic rings. The first-order chi connectivity index (χ1) is 16.0. The van der Waals surface area contributed by atoms with Gasteiger partial charge in [0.2, 0.25) is 0 Å². The molecule has 0 aromatic heterocycles. The quantitative estimate of drug-likeness (QED) is 0.490. The molecule has 3 fully saturated rings. The standard InChI is InChI=1S/C26H30O7/c1-3-12-26(24(27)28)23(33-26)25(2,17-4-8-19(9-5-17)29-13-21-15-31-21)18-6-10-20(11-7-18)30-14-22-16-32-22/h4-11,21-23H,3,12-16H2,1-2H3,(H,27,28). The van der Waals surface area contributed by atoms with E-state index in [1.54, 1.807) is 0 Å². The van der Waals surface area contributed by atoms with Gasteiger partial charge in [0.1, 0.15) is 43.0 Å². The van der Waals surface area contributed by atoms with Crippen LogP contribution in [0.1, 0.15) is 37.8 Å². The van der Waals surface area contributed by atoms with Crippen molar-refractivity contribution >= 4 is 5.97 Å². The summed E-state index contributed by atoms with van der Waals surface area (Å²) in [5.41, 5.74) is 0.105. The zero-order valence-electron chi connectivity index (χ0n) is 19.0. The van der Waals surface area contributed by atoms with Gasteiger partial charge < -0.3 is 28.8 Å². The van der Waals surface area contributed by atoms with Crippen molar-refractivity contribution in [2.75, 3.05) is 26.4 Å². The number of epoxide rings is 3. The van der Waals surface area contributed by atoms with Gasteiger partial charge in [0.15, 0.2) is 5.60 Å². The lowest BCUT2D eigenvalue weighted by Gasteiger charge is -2.31. The smallest absolute Gasteiger partial charge is 0.338 e. The van der Waals surface area contributed by atoms with Crippen molar-refractivity contribution in [2.24, 2.45) is 0 Å². The molecule has 176 valence electrons. The van der Waals surface area contributed by atoms with Crippen LogP contribution >= 0.6 is 0 Å². The summed E-state index contributed by atoms with van der Waals surface area (Å²) in [5.74, 6) is 0.615. The second-order valence-electron chi connectivity index (χ2n) is 9.23. The Bertz CT molecular complexity index is 919. The molecule has 0 aliphatic carbocycles. The van der Waals surface area contributed by atoms with Gasteiger partial charge in [0.05, 0.1) is 13.2 Å². The summed E-state index contributed by atoms with van der Waals surface area (Å²) in [5, 5.41) is 10.0. The van der Waals surface area contributed by atoms with Crippen LogP contribution in [-0.4, -0.2) is 61.4 Å². The first-order valence-electron chi connectivity index (χ1n) is 11.6. The summed E-state index contributed by atoms with van der Waals surface area (Å²) >= 11 is 0. The molecule has 1 N–H and O–H groups in total. The van der Waals surface area contributed by atoms with Crippen molar-refractivity contribution in [3.63, 3.8) is 0 Å². The summed E-state index contributed by atoms with van der Waals surface area (Å²) < 4.78 is 28.0. The second-order valence-corrected chi connectivity index (χ2v) is 9.23. The third-order valence-electron chi connectivity index (χ3n) is 6.79. The monoisotopic (exact) mass is 454 g/mol. The molecule has 4 atom stereocenters. The number of ether oxygens (including phenoxy) is 5. The average molecular weight is 455 g/mol. The fourth-order valence-electron chi connectivity index (χ4n) is 4.56. The van der Waals surface area contributed by atoms with E-state index in [0.717, 1.165) is 42.3 Å². The van der Waals surface area contributed by atoms with E-state index in [2.05, 4.69) is 6.92 Å². The van der Waals surface area contributed by atoms with Crippen LogP contribution in [0.4, 0.5) is 0 Å². The highest BCUT2D eigenvalue weighted by molar-refractivity contribution is 5.82. The Balaban J connectivity index is 1.43. The van der Waals surface area contributed by atoms with E-state index in [0.29, 0.717) is 19.6 Å². The highest BCUT2D eigenvalue weighted by atomic mass is 16.6. The molecule has 2 aromatic carbocycles. The van der Waals surface area contributed by atoms with Crippen molar-refractivity contribution in [1.29, 1.82) is 0 Å². The van der Waals surface area contributed by atoms with Crippen LogP contribution in [0.2, 0.25) is 0 Å². The highest BCUT2D eigenvalue weighted by Gasteiger charge is 2.69. The van der Waals surface area contributed by atoms with Gasteiger partial charge in [-0.2, -0.15) is 0 Å². The number of benzene rings is 2. The molecule has 0 amide bonds. The Labute approximate surface area is 193 Å². The second kappa shape index (κ2) is 8.63. The Morgan fingerprint density at radius 1 is 0.970 bits per heavy atom. The van der Waals surface area contributed by atoms with Crippen LogP contribution in [0.25, 0.3) is 0 Å². The third-order valence-corrected chi connectivity index (χ3v) is 6.79. The lowest BCUT2D eigenvalue weighted by Crippen LogP contribution is -2.39. The van der Waals surface area contributed by atoms with E-state index >= 15 is 0 Å². The van der Waals surface area contributed by atoms with Gasteiger partial charge in [-0.3, -0.25) is 0 Å². The first kappa shape index (κ1) is 22.2. The van der Waals surface area contributed by atoms with Gasteiger partial charge in [0, 0.05) is 5.41 Å². The van der Waals surface area contributed by atoms with Gasteiger partial charge >= 0.3 is 5.97 Å². The topological polar surface area (TPSA) is 93.4 Å². The summed E-state index contributed by atoms with van der Waals surface area (Å²) in [6.45, 7) is 6.60. The number of hydrogen-bond acceptors (Lipinski definition) is 6. The van der Waals surface area contributed by atoms with Crippen molar-refractivity contribution in [3.8, 4) is 11.5 Å². The molecule has 7 heteroatoms. The molecule has 7 nitrogen and oxygen atoms in total. The average Bonchev–Trinajstić information content (AvgIpc) is 3.69. The van der Waals surface area contributed by atoms with Gasteiger partial charge in [-0.15, -0.1) is 0 Å². The van der Waals surface area contributed by atoms with Crippen molar-refractivity contribution < 1.29 is 33.6 Å². The SMILES string of the molecule is CCCC1(C(=O)O)OC1C(C)(c1ccc(OCC2CO2)cc1)c1ccc(OCC2CO2)cc1.